The summed E-state index contributed by atoms with van der Waals surface area (Å²) in [5.41, 5.74) is 1.12. The molecule has 0 bridgehead atoms. The second-order valence-electron chi connectivity index (χ2n) is 6.37. The molecule has 1 heterocycles. The monoisotopic (exact) mass is 341 g/mol. The summed E-state index contributed by atoms with van der Waals surface area (Å²) in [4.78, 5) is 11.5. The molecular formula is C21H27NO3. The maximum atomic E-state index is 11.5. The van der Waals surface area contributed by atoms with Crippen molar-refractivity contribution in [1.29, 1.82) is 0 Å². The van der Waals surface area contributed by atoms with Gasteiger partial charge in [-0.15, -0.1) is 0 Å². The summed E-state index contributed by atoms with van der Waals surface area (Å²) in [6.45, 7) is 5.17. The lowest BCUT2D eigenvalue weighted by molar-refractivity contribution is -0.116. The lowest BCUT2D eigenvalue weighted by Crippen LogP contribution is -2.25. The van der Waals surface area contributed by atoms with Gasteiger partial charge in [0.2, 0.25) is 12.7 Å². The average molecular weight is 341 g/mol. The number of unbranched alkanes of at least 4 members (excludes halogenated alkanes) is 2. The normalized spacial score (nSPS) is 13.6. The largest absolute Gasteiger partial charge is 0.454 e. The third-order valence-corrected chi connectivity index (χ3v) is 3.63. The molecule has 2 rings (SSSR count). The van der Waals surface area contributed by atoms with Crippen molar-refractivity contribution >= 4 is 12.0 Å². The van der Waals surface area contributed by atoms with Crippen LogP contribution >= 0.6 is 0 Å². The maximum Gasteiger partial charge on any atom is 0.243 e. The SMILES string of the molecule is CC(C)CNC(=O)C=CC=CCCCC=Cc1ccc2c(c1)OCO2. The van der Waals surface area contributed by atoms with E-state index < -0.39 is 0 Å². The number of rotatable bonds is 9. The minimum Gasteiger partial charge on any atom is -0.454 e. The molecule has 0 fully saturated rings. The van der Waals surface area contributed by atoms with E-state index in [4.69, 9.17) is 9.47 Å². The van der Waals surface area contributed by atoms with Gasteiger partial charge in [0.15, 0.2) is 11.5 Å². The summed E-state index contributed by atoms with van der Waals surface area (Å²) in [6.07, 6.45) is 14.7. The molecule has 134 valence electrons. The topological polar surface area (TPSA) is 47.6 Å². The summed E-state index contributed by atoms with van der Waals surface area (Å²) >= 11 is 0. The Morgan fingerprint density at radius 2 is 1.96 bits per heavy atom. The van der Waals surface area contributed by atoms with Gasteiger partial charge in [0.1, 0.15) is 0 Å². The molecule has 1 aliphatic rings. The fourth-order valence-corrected chi connectivity index (χ4v) is 2.27. The summed E-state index contributed by atoms with van der Waals surface area (Å²) in [7, 11) is 0. The molecule has 25 heavy (non-hydrogen) atoms. The number of amides is 1. The Balaban J connectivity index is 1.59. The fourth-order valence-electron chi connectivity index (χ4n) is 2.27. The first-order chi connectivity index (χ1) is 12.1. The Morgan fingerprint density at radius 1 is 1.16 bits per heavy atom. The molecule has 4 heteroatoms. The van der Waals surface area contributed by atoms with Crippen LogP contribution in [0, 0.1) is 5.92 Å². The zero-order chi connectivity index (χ0) is 17.9. The van der Waals surface area contributed by atoms with Gasteiger partial charge in [-0.05, 0) is 42.9 Å². The summed E-state index contributed by atoms with van der Waals surface area (Å²) in [5, 5.41) is 2.85. The highest BCUT2D eigenvalue weighted by atomic mass is 16.7. The van der Waals surface area contributed by atoms with Crippen LogP contribution in [0.5, 0.6) is 11.5 Å². The fraction of sp³-hybridized carbons (Fsp3) is 0.381. The van der Waals surface area contributed by atoms with Crippen LogP contribution in [0.4, 0.5) is 0 Å². The molecule has 4 nitrogen and oxygen atoms in total. The highest BCUT2D eigenvalue weighted by Gasteiger charge is 2.11. The first kappa shape index (κ1) is 18.8. The highest BCUT2D eigenvalue weighted by molar-refractivity contribution is 5.87. The van der Waals surface area contributed by atoms with Crippen LogP contribution in [0.2, 0.25) is 0 Å². The van der Waals surface area contributed by atoms with Crippen LogP contribution in [-0.2, 0) is 4.79 Å². The average Bonchev–Trinajstić information content (AvgIpc) is 3.06. The zero-order valence-electron chi connectivity index (χ0n) is 15.0. The van der Waals surface area contributed by atoms with Crippen LogP contribution in [0.1, 0.15) is 38.7 Å². The molecule has 0 unspecified atom stereocenters. The van der Waals surface area contributed by atoms with Crippen molar-refractivity contribution in [2.75, 3.05) is 13.3 Å². The van der Waals surface area contributed by atoms with E-state index in [-0.39, 0.29) is 5.91 Å². The van der Waals surface area contributed by atoms with Crippen LogP contribution in [0.25, 0.3) is 6.08 Å². The van der Waals surface area contributed by atoms with Gasteiger partial charge in [0, 0.05) is 12.6 Å². The molecule has 0 radical (unpaired) electrons. The number of benzene rings is 1. The Labute approximate surface area is 150 Å². The Hall–Kier alpha value is -2.49. The standard InChI is InChI=1S/C21H27NO3/c1-17(2)15-22-21(23)11-9-7-5-3-4-6-8-10-18-12-13-19-20(14-18)25-16-24-19/h5,7-14,17H,3-4,6,15-16H2,1-2H3,(H,22,23). The smallest absolute Gasteiger partial charge is 0.243 e. The summed E-state index contributed by atoms with van der Waals surface area (Å²) in [5.74, 6) is 2.06. The molecule has 1 N–H and O–H groups in total. The van der Waals surface area contributed by atoms with E-state index in [0.29, 0.717) is 19.3 Å². The van der Waals surface area contributed by atoms with Gasteiger partial charge in [0.05, 0.1) is 0 Å². The van der Waals surface area contributed by atoms with Gasteiger partial charge in [-0.3, -0.25) is 4.79 Å². The highest BCUT2D eigenvalue weighted by Crippen LogP contribution is 2.32. The van der Waals surface area contributed by atoms with E-state index in [1.165, 1.54) is 0 Å². The minimum absolute atomic E-state index is 0.0370. The molecule has 1 amide bonds. The second kappa shape index (κ2) is 10.4. The number of nitrogens with one attached hydrogen (secondary N) is 1. The Kier molecular flexibility index (Phi) is 7.83. The number of hydrogen-bond donors (Lipinski definition) is 1. The maximum absolute atomic E-state index is 11.5. The third-order valence-electron chi connectivity index (χ3n) is 3.63. The quantitative estimate of drug-likeness (QED) is 0.409. The second-order valence-corrected chi connectivity index (χ2v) is 6.37. The van der Waals surface area contributed by atoms with E-state index in [0.717, 1.165) is 36.3 Å². The number of hydrogen-bond acceptors (Lipinski definition) is 3. The van der Waals surface area contributed by atoms with Crippen molar-refractivity contribution in [1.82, 2.24) is 5.32 Å². The van der Waals surface area contributed by atoms with Gasteiger partial charge in [0.25, 0.3) is 0 Å². The van der Waals surface area contributed by atoms with Gasteiger partial charge < -0.3 is 14.8 Å². The van der Waals surface area contributed by atoms with Crippen molar-refractivity contribution in [3.8, 4) is 11.5 Å². The van der Waals surface area contributed by atoms with Gasteiger partial charge >= 0.3 is 0 Å². The Bertz CT molecular complexity index is 645. The van der Waals surface area contributed by atoms with Crippen LogP contribution in [0.15, 0.2) is 48.6 Å². The first-order valence-corrected chi connectivity index (χ1v) is 8.82. The van der Waals surface area contributed by atoms with Crippen molar-refractivity contribution in [3.05, 3.63) is 54.1 Å². The van der Waals surface area contributed by atoms with Gasteiger partial charge in [-0.25, -0.2) is 0 Å². The van der Waals surface area contributed by atoms with E-state index >= 15 is 0 Å². The van der Waals surface area contributed by atoms with Crippen molar-refractivity contribution in [2.45, 2.75) is 33.1 Å². The molecule has 1 aromatic rings. The molecular weight excluding hydrogens is 314 g/mol. The number of carbonyl (C=O) groups is 1. The van der Waals surface area contributed by atoms with Crippen LogP contribution < -0.4 is 14.8 Å². The molecule has 0 aromatic heterocycles. The summed E-state index contributed by atoms with van der Waals surface area (Å²) < 4.78 is 10.7. The van der Waals surface area contributed by atoms with Gasteiger partial charge in [-0.2, -0.15) is 0 Å². The van der Waals surface area contributed by atoms with E-state index in [1.807, 2.05) is 24.3 Å². The molecule has 0 saturated heterocycles. The molecule has 1 aromatic carbocycles. The molecule has 0 aliphatic carbocycles. The van der Waals surface area contributed by atoms with Crippen molar-refractivity contribution < 1.29 is 14.3 Å². The molecule has 1 aliphatic heterocycles. The minimum atomic E-state index is -0.0370. The van der Waals surface area contributed by atoms with Crippen molar-refractivity contribution in [3.63, 3.8) is 0 Å². The number of ether oxygens (including phenoxy) is 2. The summed E-state index contributed by atoms with van der Waals surface area (Å²) in [6, 6.07) is 5.96. The Morgan fingerprint density at radius 3 is 2.80 bits per heavy atom. The number of allylic oxidation sites excluding steroid dienone is 4. The molecule has 0 spiro atoms. The first-order valence-electron chi connectivity index (χ1n) is 8.82. The molecule has 0 saturated carbocycles. The van der Waals surface area contributed by atoms with Crippen molar-refractivity contribution in [2.24, 2.45) is 5.92 Å². The van der Waals surface area contributed by atoms with E-state index in [9.17, 15) is 4.79 Å². The number of fused-ring (bicyclic) bond motifs is 1. The lowest BCUT2D eigenvalue weighted by Gasteiger charge is -2.03. The predicted octanol–water partition coefficient (Wildman–Crippen LogP) is 4.48. The van der Waals surface area contributed by atoms with Crippen LogP contribution in [0.3, 0.4) is 0 Å². The lowest BCUT2D eigenvalue weighted by atomic mass is 10.1. The third kappa shape index (κ3) is 7.29. The van der Waals surface area contributed by atoms with E-state index in [1.54, 1.807) is 12.2 Å². The molecule has 0 atom stereocenters. The van der Waals surface area contributed by atoms with Gasteiger partial charge in [-0.1, -0.05) is 50.3 Å². The zero-order valence-corrected chi connectivity index (χ0v) is 15.0. The predicted molar refractivity (Wildman–Crippen MR) is 102 cm³/mol. The van der Waals surface area contributed by atoms with Crippen LogP contribution in [-0.4, -0.2) is 19.2 Å². The van der Waals surface area contributed by atoms with E-state index in [2.05, 4.69) is 37.4 Å². The number of carbonyl (C=O) groups excluding carboxylic acids is 1.